The van der Waals surface area contributed by atoms with Gasteiger partial charge >= 0.3 is 6.18 Å². The Balaban J connectivity index is 2.71. The molecule has 0 bridgehead atoms. The van der Waals surface area contributed by atoms with Gasteiger partial charge in [-0.05, 0) is 12.6 Å². The summed E-state index contributed by atoms with van der Waals surface area (Å²) in [6.07, 6.45) is -4.43. The summed E-state index contributed by atoms with van der Waals surface area (Å²) in [5, 5.41) is 2.79. The van der Waals surface area contributed by atoms with E-state index in [1.165, 1.54) is 6.07 Å². The Morgan fingerprint density at radius 3 is 2.47 bits per heavy atom. The molecular formula is C12H14F5NO. The summed E-state index contributed by atoms with van der Waals surface area (Å²) in [7, 11) is 0. The van der Waals surface area contributed by atoms with Gasteiger partial charge in [0.05, 0.1) is 12.6 Å². The van der Waals surface area contributed by atoms with Crippen molar-refractivity contribution in [1.82, 2.24) is 5.32 Å². The number of ether oxygens (including phenoxy) is 1. The lowest BCUT2D eigenvalue weighted by Gasteiger charge is -2.19. The molecule has 0 saturated heterocycles. The van der Waals surface area contributed by atoms with E-state index >= 15 is 0 Å². The van der Waals surface area contributed by atoms with Gasteiger partial charge in [0, 0.05) is 11.6 Å². The topological polar surface area (TPSA) is 21.3 Å². The lowest BCUT2D eigenvalue weighted by atomic mass is 10.1. The Bertz CT molecular complexity index is 408. The van der Waals surface area contributed by atoms with Crippen molar-refractivity contribution in [3.05, 3.63) is 35.4 Å². The number of halogens is 5. The minimum absolute atomic E-state index is 0.0745. The van der Waals surface area contributed by atoms with E-state index < -0.39 is 30.5 Å². The molecule has 1 atom stereocenters. The quantitative estimate of drug-likeness (QED) is 0.810. The second kappa shape index (κ2) is 6.81. The molecule has 0 aliphatic heterocycles. The molecule has 0 radical (unpaired) electrons. The van der Waals surface area contributed by atoms with Crippen LogP contribution in [0.4, 0.5) is 22.0 Å². The van der Waals surface area contributed by atoms with Gasteiger partial charge in [-0.15, -0.1) is 0 Å². The van der Waals surface area contributed by atoms with Gasteiger partial charge in [0.25, 0.3) is 0 Å². The minimum atomic E-state index is -4.43. The molecule has 0 heterocycles. The fourth-order valence-corrected chi connectivity index (χ4v) is 1.58. The number of nitrogens with one attached hydrogen (secondary N) is 1. The minimum Gasteiger partial charge on any atom is -0.370 e. The predicted molar refractivity (Wildman–Crippen MR) is 59.6 cm³/mol. The Labute approximate surface area is 107 Å². The molecule has 0 saturated carbocycles. The number of hydrogen-bond acceptors (Lipinski definition) is 2. The van der Waals surface area contributed by atoms with Gasteiger partial charge in [-0.25, -0.2) is 8.78 Å². The Morgan fingerprint density at radius 2 is 1.95 bits per heavy atom. The molecule has 1 aromatic rings. The molecule has 0 aliphatic rings. The first kappa shape index (κ1) is 15.8. The molecule has 1 N–H and O–H groups in total. The van der Waals surface area contributed by atoms with Crippen molar-refractivity contribution in [3.63, 3.8) is 0 Å². The molecule has 0 fully saturated rings. The van der Waals surface area contributed by atoms with Crippen LogP contribution in [-0.4, -0.2) is 25.9 Å². The Hall–Kier alpha value is -1.21. The molecule has 2 nitrogen and oxygen atoms in total. The third-order valence-corrected chi connectivity index (χ3v) is 2.34. The average molecular weight is 283 g/mol. The zero-order valence-corrected chi connectivity index (χ0v) is 10.2. The van der Waals surface area contributed by atoms with E-state index in [4.69, 9.17) is 0 Å². The summed E-state index contributed by atoms with van der Waals surface area (Å²) in [6, 6.07) is 2.16. The van der Waals surface area contributed by atoms with E-state index in [9.17, 15) is 22.0 Å². The first-order valence-corrected chi connectivity index (χ1v) is 5.66. The molecule has 0 spiro atoms. The largest absolute Gasteiger partial charge is 0.411 e. The van der Waals surface area contributed by atoms with Crippen LogP contribution in [0.15, 0.2) is 18.2 Å². The highest BCUT2D eigenvalue weighted by Crippen LogP contribution is 2.20. The van der Waals surface area contributed by atoms with E-state index in [-0.39, 0.29) is 12.2 Å². The summed E-state index contributed by atoms with van der Waals surface area (Å²) >= 11 is 0. The van der Waals surface area contributed by atoms with E-state index in [1.807, 2.05) is 0 Å². The predicted octanol–water partition coefficient (Wildman–Crippen LogP) is 3.19. The third kappa shape index (κ3) is 5.52. The van der Waals surface area contributed by atoms with Gasteiger partial charge in [0.15, 0.2) is 0 Å². The van der Waals surface area contributed by atoms with Crippen molar-refractivity contribution in [2.24, 2.45) is 0 Å². The van der Waals surface area contributed by atoms with Crippen molar-refractivity contribution in [3.8, 4) is 0 Å². The molecule has 0 aromatic heterocycles. The second-order valence-electron chi connectivity index (χ2n) is 3.91. The van der Waals surface area contributed by atoms with Crippen molar-refractivity contribution in [2.45, 2.75) is 19.1 Å². The van der Waals surface area contributed by atoms with Crippen LogP contribution >= 0.6 is 0 Å². The number of rotatable bonds is 6. The summed E-state index contributed by atoms with van der Waals surface area (Å²) < 4.78 is 66.7. The van der Waals surface area contributed by atoms with Crippen LogP contribution in [-0.2, 0) is 4.74 Å². The van der Waals surface area contributed by atoms with Gasteiger partial charge in [-0.3, -0.25) is 0 Å². The second-order valence-corrected chi connectivity index (χ2v) is 3.91. The van der Waals surface area contributed by atoms with Crippen molar-refractivity contribution < 1.29 is 26.7 Å². The smallest absolute Gasteiger partial charge is 0.370 e. The normalized spacial score (nSPS) is 13.6. The standard InChI is InChI=1S/C12H14F5NO/c1-2-18-11(6-19-7-12(15,16)17)9-4-3-8(13)5-10(9)14/h3-5,11,18H,2,6-7H2,1H3. The van der Waals surface area contributed by atoms with E-state index in [1.54, 1.807) is 6.92 Å². The van der Waals surface area contributed by atoms with Crippen LogP contribution < -0.4 is 5.32 Å². The lowest BCUT2D eigenvalue weighted by molar-refractivity contribution is -0.175. The van der Waals surface area contributed by atoms with Crippen LogP contribution in [0.3, 0.4) is 0 Å². The van der Waals surface area contributed by atoms with Gasteiger partial charge < -0.3 is 10.1 Å². The lowest BCUT2D eigenvalue weighted by Crippen LogP contribution is -2.28. The highest BCUT2D eigenvalue weighted by Gasteiger charge is 2.28. The van der Waals surface area contributed by atoms with Crippen LogP contribution in [0.2, 0.25) is 0 Å². The van der Waals surface area contributed by atoms with Gasteiger partial charge in [-0.2, -0.15) is 13.2 Å². The van der Waals surface area contributed by atoms with Crippen molar-refractivity contribution in [1.29, 1.82) is 0 Å². The first-order valence-electron chi connectivity index (χ1n) is 5.66. The average Bonchev–Trinajstić information content (AvgIpc) is 2.26. The monoisotopic (exact) mass is 283 g/mol. The molecular weight excluding hydrogens is 269 g/mol. The Morgan fingerprint density at radius 1 is 1.26 bits per heavy atom. The zero-order chi connectivity index (χ0) is 14.5. The van der Waals surface area contributed by atoms with Crippen LogP contribution in [0.5, 0.6) is 0 Å². The van der Waals surface area contributed by atoms with Gasteiger partial charge in [0.1, 0.15) is 18.2 Å². The number of alkyl halides is 3. The maximum Gasteiger partial charge on any atom is 0.411 e. The van der Waals surface area contributed by atoms with E-state index in [2.05, 4.69) is 10.1 Å². The summed E-state index contributed by atoms with van der Waals surface area (Å²) in [5.74, 6) is -1.56. The molecule has 19 heavy (non-hydrogen) atoms. The third-order valence-electron chi connectivity index (χ3n) is 2.34. The first-order chi connectivity index (χ1) is 8.83. The number of hydrogen-bond donors (Lipinski definition) is 1. The summed E-state index contributed by atoms with van der Waals surface area (Å²) in [6.45, 7) is 0.378. The zero-order valence-electron chi connectivity index (χ0n) is 10.2. The number of likely N-dealkylation sites (N-methyl/N-ethyl adjacent to an activating group) is 1. The molecule has 1 unspecified atom stereocenters. The fraction of sp³-hybridized carbons (Fsp3) is 0.500. The van der Waals surface area contributed by atoms with E-state index in [0.717, 1.165) is 6.07 Å². The summed E-state index contributed by atoms with van der Waals surface area (Å²) in [5.41, 5.74) is 0.0745. The van der Waals surface area contributed by atoms with Crippen LogP contribution in [0, 0.1) is 11.6 Å². The van der Waals surface area contributed by atoms with Gasteiger partial charge in [0.2, 0.25) is 0 Å². The maximum absolute atomic E-state index is 13.5. The maximum atomic E-state index is 13.5. The molecule has 1 aromatic carbocycles. The highest BCUT2D eigenvalue weighted by molar-refractivity contribution is 5.22. The highest BCUT2D eigenvalue weighted by atomic mass is 19.4. The molecule has 1 rings (SSSR count). The van der Waals surface area contributed by atoms with Gasteiger partial charge in [-0.1, -0.05) is 13.0 Å². The Kier molecular flexibility index (Phi) is 5.68. The van der Waals surface area contributed by atoms with Crippen LogP contribution in [0.1, 0.15) is 18.5 Å². The van der Waals surface area contributed by atoms with E-state index in [0.29, 0.717) is 12.6 Å². The van der Waals surface area contributed by atoms with Crippen molar-refractivity contribution >= 4 is 0 Å². The number of benzene rings is 1. The molecule has 0 amide bonds. The fourth-order valence-electron chi connectivity index (χ4n) is 1.58. The summed E-state index contributed by atoms with van der Waals surface area (Å²) in [4.78, 5) is 0. The molecule has 7 heteroatoms. The van der Waals surface area contributed by atoms with Crippen molar-refractivity contribution in [2.75, 3.05) is 19.8 Å². The molecule has 108 valence electrons. The SMILES string of the molecule is CCNC(COCC(F)(F)F)c1ccc(F)cc1F. The van der Waals surface area contributed by atoms with Crippen LogP contribution in [0.25, 0.3) is 0 Å². The molecule has 0 aliphatic carbocycles.